The van der Waals surface area contributed by atoms with Crippen molar-refractivity contribution in [2.75, 3.05) is 78.2 Å². The maximum Gasteiger partial charge on any atom is 0.410 e. The zero-order valence-electron chi connectivity index (χ0n) is 55.7. The van der Waals surface area contributed by atoms with Crippen LogP contribution in [0.5, 0.6) is 0 Å². The number of ether oxygens (including phenoxy) is 1. The lowest BCUT2D eigenvalue weighted by Crippen LogP contribution is -2.39. The lowest BCUT2D eigenvalue weighted by molar-refractivity contribution is -0.150. The monoisotopic (exact) mass is 1260 g/mol. The zero-order chi connectivity index (χ0) is 65.4. The van der Waals surface area contributed by atoms with Crippen molar-refractivity contribution in [3.8, 4) is 6.19 Å². The number of hydroxylamine groups is 2. The highest BCUT2D eigenvalue weighted by Crippen LogP contribution is 2.30. The Morgan fingerprint density at radius 2 is 1.12 bits per heavy atom. The Balaban J connectivity index is 0.000000160. The topological polar surface area (TPSA) is 169 Å². The van der Waals surface area contributed by atoms with Crippen LogP contribution in [0.2, 0.25) is 19.6 Å². The van der Waals surface area contributed by atoms with Gasteiger partial charge in [-0.25, -0.2) is 4.79 Å². The van der Waals surface area contributed by atoms with Crippen molar-refractivity contribution in [3.63, 3.8) is 0 Å². The van der Waals surface area contributed by atoms with Crippen molar-refractivity contribution >= 4 is 26.2 Å². The van der Waals surface area contributed by atoms with Gasteiger partial charge in [-0.15, -0.1) is 0 Å². The molecule has 5 aliphatic rings. The number of hydrogen-bond acceptors (Lipinski definition) is 14. The van der Waals surface area contributed by atoms with Crippen LogP contribution in [0.25, 0.3) is 6.08 Å². The molecule has 488 valence electrons. The second kappa shape index (κ2) is 38.1. The number of carbonyl (C=O) groups excluding carboxylic acids is 2. The van der Waals surface area contributed by atoms with E-state index in [0.717, 1.165) is 115 Å². The van der Waals surface area contributed by atoms with Crippen LogP contribution >= 0.6 is 0 Å². The van der Waals surface area contributed by atoms with Crippen LogP contribution in [-0.2, 0) is 27.5 Å². The molecule has 0 saturated carbocycles. The highest BCUT2D eigenvalue weighted by atomic mass is 28.3. The van der Waals surface area contributed by atoms with Gasteiger partial charge in [-0.05, 0) is 157 Å². The number of nitriles is 1. The standard InChI is InChI=1S/C16H20N4O.C16H18N2.C14H20N2O2.C13H23NOSi.C9H12N2.C7H7N/c17-12-19-7-4-13(10-19)9-16(21)20-8-5-14(11-20)15-3-1-2-6-18-15;1-2-6-14(7-3-1)12-18-11-9-15(13-18)16-8-4-5-10-17-16;1-14(2,3)18-13(17)16-9-7-11(10-16)12-6-4-5-8-15-12;1-5-15-14(12-16(2,3)4)11-13-9-7-6-8-10-13;1-2-5-11-9(3-1)8-4-6-10-7-8;1-2-7-5-3-4-6-8-7/h1-3,6,13-14H,4-5,7-11H2;1-8,10,15H,9,11-13H2;4-6,8,11H,7,9-10H2,1-3H3;6-10H,5,11-12H2,1-4H3;1-3,5,8,10H,4,6-7H2;2-6H,1H2/t13-,14?;;;;;/m0...../s1. The van der Waals surface area contributed by atoms with Gasteiger partial charge in [0.15, 0.2) is 6.19 Å². The lowest BCUT2D eigenvalue weighted by Gasteiger charge is -2.27. The molecule has 12 rings (SSSR count). The first kappa shape index (κ1) is 71.5. The van der Waals surface area contributed by atoms with Crippen LogP contribution in [0.3, 0.4) is 0 Å². The maximum absolute atomic E-state index is 12.4. The minimum absolute atomic E-state index is 0.221. The summed E-state index contributed by atoms with van der Waals surface area (Å²) >= 11 is 0. The summed E-state index contributed by atoms with van der Waals surface area (Å²) in [7, 11) is -1.11. The molecule has 10 heterocycles. The molecule has 0 bridgehead atoms. The average molecular weight is 1260 g/mol. The van der Waals surface area contributed by atoms with E-state index in [4.69, 9.17) is 14.8 Å². The van der Waals surface area contributed by atoms with Gasteiger partial charge >= 0.3 is 6.09 Å². The third kappa shape index (κ3) is 26.0. The molecule has 4 unspecified atom stereocenters. The van der Waals surface area contributed by atoms with E-state index in [0.29, 0.717) is 42.6 Å². The second-order valence-corrected chi connectivity index (χ2v) is 31.7. The fourth-order valence-electron chi connectivity index (χ4n) is 11.8. The molecule has 5 saturated heterocycles. The molecular formula is C75H100N12O4Si. The molecule has 1 N–H and O–H groups in total. The average Bonchev–Trinajstić information content (AvgIpc) is 1.98. The quantitative estimate of drug-likeness (QED) is 0.0584. The van der Waals surface area contributed by atoms with Crippen LogP contribution in [0.15, 0.2) is 189 Å². The Labute approximate surface area is 550 Å². The Morgan fingerprint density at radius 3 is 1.58 bits per heavy atom. The van der Waals surface area contributed by atoms with Crippen LogP contribution in [0.1, 0.15) is 129 Å². The summed E-state index contributed by atoms with van der Waals surface area (Å²) in [4.78, 5) is 59.5. The minimum Gasteiger partial charge on any atom is -0.444 e. The first-order chi connectivity index (χ1) is 44.5. The number of amides is 2. The van der Waals surface area contributed by atoms with Crippen LogP contribution in [0.4, 0.5) is 4.79 Å². The van der Waals surface area contributed by atoms with Crippen molar-refractivity contribution in [3.05, 3.63) is 229 Å². The Hall–Kier alpha value is -7.98. The van der Waals surface area contributed by atoms with Gasteiger partial charge in [-0.2, -0.15) is 10.3 Å². The molecule has 5 fully saturated rings. The van der Waals surface area contributed by atoms with E-state index in [-0.39, 0.29) is 12.0 Å². The van der Waals surface area contributed by atoms with Gasteiger partial charge in [0, 0.05) is 155 Å². The van der Waals surface area contributed by atoms with Crippen molar-refractivity contribution in [1.29, 1.82) is 5.26 Å². The molecule has 7 aromatic rings. The molecule has 5 aliphatic heterocycles. The van der Waals surface area contributed by atoms with Crippen molar-refractivity contribution in [1.82, 2.24) is 54.9 Å². The molecule has 16 nitrogen and oxygen atoms in total. The van der Waals surface area contributed by atoms with E-state index in [1.165, 1.54) is 41.9 Å². The van der Waals surface area contributed by atoms with Gasteiger partial charge in [0.1, 0.15) is 5.60 Å². The number of aromatic nitrogens is 5. The number of carbonyl (C=O) groups is 2. The highest BCUT2D eigenvalue weighted by Gasteiger charge is 2.33. The molecule has 92 heavy (non-hydrogen) atoms. The predicted molar refractivity (Wildman–Crippen MR) is 371 cm³/mol. The smallest absolute Gasteiger partial charge is 0.410 e. The Morgan fingerprint density at radius 1 is 0.620 bits per heavy atom. The predicted octanol–water partition coefficient (Wildman–Crippen LogP) is 13.7. The van der Waals surface area contributed by atoms with E-state index in [9.17, 15) is 9.59 Å². The first-order valence-corrected chi connectivity index (χ1v) is 36.7. The van der Waals surface area contributed by atoms with E-state index in [2.05, 4.69) is 151 Å². The largest absolute Gasteiger partial charge is 0.444 e. The second-order valence-electron chi connectivity index (χ2n) is 26.3. The van der Waals surface area contributed by atoms with E-state index >= 15 is 0 Å². The normalized spacial score (nSPS) is 19.2. The number of hydrogen-bond donors (Lipinski definition) is 1. The first-order valence-electron chi connectivity index (χ1n) is 33.0. The van der Waals surface area contributed by atoms with Gasteiger partial charge in [0.05, 0.1) is 20.4 Å². The summed E-state index contributed by atoms with van der Waals surface area (Å²) < 4.78 is 5.37. The highest BCUT2D eigenvalue weighted by molar-refractivity contribution is 6.76. The van der Waals surface area contributed by atoms with Gasteiger partial charge < -0.3 is 24.8 Å². The minimum atomic E-state index is -1.11. The summed E-state index contributed by atoms with van der Waals surface area (Å²) in [5.74, 6) is 2.53. The molecule has 2 aromatic carbocycles. The van der Waals surface area contributed by atoms with Crippen LogP contribution in [0, 0.1) is 17.4 Å². The van der Waals surface area contributed by atoms with Crippen molar-refractivity contribution < 1.29 is 19.2 Å². The number of pyridine rings is 5. The molecule has 0 aliphatic carbocycles. The third-order valence-corrected chi connectivity index (χ3v) is 17.6. The molecule has 5 atom stereocenters. The zero-order valence-corrected chi connectivity index (χ0v) is 56.7. The van der Waals surface area contributed by atoms with Crippen molar-refractivity contribution in [2.24, 2.45) is 5.92 Å². The molecule has 0 spiro atoms. The number of benzene rings is 2. The van der Waals surface area contributed by atoms with Crippen molar-refractivity contribution in [2.45, 2.75) is 128 Å². The molecule has 0 radical (unpaired) electrons. The van der Waals surface area contributed by atoms with E-state index < -0.39 is 13.7 Å². The number of rotatable bonds is 15. The number of nitrogens with one attached hydrogen (secondary N) is 1. The Kier molecular flexibility index (Phi) is 29.6. The molecular weight excluding hydrogens is 1160 g/mol. The lowest BCUT2D eigenvalue weighted by atomic mass is 10.0. The molecule has 17 heteroatoms. The summed E-state index contributed by atoms with van der Waals surface area (Å²) in [6, 6.07) is 51.2. The van der Waals surface area contributed by atoms with Crippen LogP contribution < -0.4 is 5.32 Å². The fraction of sp³-hybridized carbons (Fsp3) is 0.440. The van der Waals surface area contributed by atoms with Crippen LogP contribution in [-0.4, -0.2) is 153 Å². The van der Waals surface area contributed by atoms with Gasteiger partial charge in [-0.3, -0.25) is 39.5 Å². The van der Waals surface area contributed by atoms with Gasteiger partial charge in [-0.1, -0.05) is 117 Å². The molecule has 5 aromatic heterocycles. The van der Waals surface area contributed by atoms with Gasteiger partial charge in [0.2, 0.25) is 5.91 Å². The third-order valence-electron chi connectivity index (χ3n) is 16.3. The summed E-state index contributed by atoms with van der Waals surface area (Å²) in [5, 5.41) is 14.3. The maximum atomic E-state index is 12.4. The fourth-order valence-corrected chi connectivity index (χ4v) is 13.0. The number of likely N-dealkylation sites (tertiary alicyclic amines) is 4. The van der Waals surface area contributed by atoms with Gasteiger partial charge in [0.25, 0.3) is 0 Å². The summed E-state index contributed by atoms with van der Waals surface area (Å²) in [5.41, 5.74) is 7.83. The number of nitrogens with zero attached hydrogens (tertiary/aromatic N) is 11. The summed E-state index contributed by atoms with van der Waals surface area (Å²) in [6.45, 7) is 30.2. The summed E-state index contributed by atoms with van der Waals surface area (Å²) in [6.07, 6.45) is 19.8. The van der Waals surface area contributed by atoms with E-state index in [1.807, 2.05) is 124 Å². The molecule has 2 amide bonds. The SMILES string of the molecule is C=Cc1ccccn1.CC(C)(C)OC(=O)N1CCC(c2ccccn2)C1.CCON(Cc1ccccc1)C[Si](C)(C)C.N#CN1CC[C@@H](CC(=O)N2CCC(c3ccccn3)C2)C1.c1ccc(C2CCNC2)nc1.c1ccc(CN2CCC(c3ccccn3)C2)cc1. The van der Waals surface area contributed by atoms with E-state index in [1.54, 1.807) is 28.3 Å². The Bertz CT molecular complexity index is 3210.